The van der Waals surface area contributed by atoms with Crippen LogP contribution in [0, 0.1) is 13.8 Å². The van der Waals surface area contributed by atoms with E-state index >= 15 is 0 Å². The minimum atomic E-state index is 0.129. The Morgan fingerprint density at radius 3 is 1.67 bits per heavy atom. The molecule has 1 fully saturated rings. The minimum Gasteiger partial charge on any atom is -0.303 e. The van der Waals surface area contributed by atoms with Crippen LogP contribution in [0.4, 0.5) is 0 Å². The van der Waals surface area contributed by atoms with Crippen molar-refractivity contribution in [3.05, 3.63) is 70.8 Å². The number of nitrogens with one attached hydrogen (secondary N) is 2. The van der Waals surface area contributed by atoms with Crippen LogP contribution in [0.15, 0.2) is 48.5 Å². The van der Waals surface area contributed by atoms with Gasteiger partial charge in [-0.2, -0.15) is 0 Å². The van der Waals surface area contributed by atoms with E-state index in [1.54, 1.807) is 0 Å². The fourth-order valence-electron chi connectivity index (χ4n) is 3.12. The van der Waals surface area contributed by atoms with E-state index in [1.807, 2.05) is 0 Å². The summed E-state index contributed by atoms with van der Waals surface area (Å²) in [6.07, 6.45) is 2.13. The van der Waals surface area contributed by atoms with Gasteiger partial charge in [0, 0.05) is 18.8 Å². The summed E-state index contributed by atoms with van der Waals surface area (Å²) in [5.74, 6) is 0. The van der Waals surface area contributed by atoms with Gasteiger partial charge in [-0.25, -0.2) is 0 Å². The van der Waals surface area contributed by atoms with Gasteiger partial charge in [0.2, 0.25) is 0 Å². The Kier molecular flexibility index (Phi) is 4.09. The number of aryl methyl sites for hydroxylation is 2. The SMILES string of the molecule is Cc1ccc(CC2(Cc3ccc(C)cc3)CNCN2)cc1. The van der Waals surface area contributed by atoms with Gasteiger partial charge in [-0.3, -0.25) is 5.32 Å². The van der Waals surface area contributed by atoms with Crippen molar-refractivity contribution in [2.45, 2.75) is 32.2 Å². The molecule has 2 nitrogen and oxygen atoms in total. The summed E-state index contributed by atoms with van der Waals surface area (Å²) in [5.41, 5.74) is 5.59. The predicted molar refractivity (Wildman–Crippen MR) is 88.5 cm³/mol. The first kappa shape index (κ1) is 14.3. The predicted octanol–water partition coefficient (Wildman–Crippen LogP) is 2.98. The Morgan fingerprint density at radius 2 is 1.29 bits per heavy atom. The summed E-state index contributed by atoms with van der Waals surface area (Å²) in [7, 11) is 0. The Balaban J connectivity index is 1.79. The normalized spacial score (nSPS) is 17.0. The van der Waals surface area contributed by atoms with Crippen molar-refractivity contribution >= 4 is 0 Å². The lowest BCUT2D eigenvalue weighted by Crippen LogP contribution is -2.46. The highest BCUT2D eigenvalue weighted by molar-refractivity contribution is 5.27. The van der Waals surface area contributed by atoms with Crippen LogP contribution >= 0.6 is 0 Å². The maximum atomic E-state index is 3.69. The van der Waals surface area contributed by atoms with Gasteiger partial charge in [-0.05, 0) is 37.8 Å². The zero-order valence-electron chi connectivity index (χ0n) is 12.9. The lowest BCUT2D eigenvalue weighted by molar-refractivity contribution is 0.392. The molecule has 110 valence electrons. The molecular weight excluding hydrogens is 256 g/mol. The van der Waals surface area contributed by atoms with E-state index in [9.17, 15) is 0 Å². The van der Waals surface area contributed by atoms with Crippen LogP contribution in [-0.4, -0.2) is 18.8 Å². The second-order valence-electron chi connectivity index (χ2n) is 6.39. The molecule has 0 unspecified atom stereocenters. The molecule has 0 saturated carbocycles. The number of benzene rings is 2. The van der Waals surface area contributed by atoms with Crippen LogP contribution in [0.25, 0.3) is 0 Å². The van der Waals surface area contributed by atoms with Gasteiger partial charge in [0.15, 0.2) is 0 Å². The quantitative estimate of drug-likeness (QED) is 0.899. The van der Waals surface area contributed by atoms with E-state index in [0.717, 1.165) is 26.1 Å². The van der Waals surface area contributed by atoms with Crippen LogP contribution in [-0.2, 0) is 12.8 Å². The molecular formula is C19H24N2. The third kappa shape index (κ3) is 3.52. The molecule has 0 aliphatic carbocycles. The molecule has 1 aliphatic rings. The highest BCUT2D eigenvalue weighted by Crippen LogP contribution is 2.22. The number of hydrogen-bond acceptors (Lipinski definition) is 2. The topological polar surface area (TPSA) is 24.1 Å². The second-order valence-corrected chi connectivity index (χ2v) is 6.39. The fourth-order valence-corrected chi connectivity index (χ4v) is 3.12. The first-order valence-corrected chi connectivity index (χ1v) is 7.72. The van der Waals surface area contributed by atoms with Crippen molar-refractivity contribution in [2.75, 3.05) is 13.2 Å². The molecule has 2 aromatic rings. The smallest absolute Gasteiger partial charge is 0.0459 e. The average molecular weight is 280 g/mol. The number of rotatable bonds is 4. The highest BCUT2D eigenvalue weighted by Gasteiger charge is 2.33. The standard InChI is InChI=1S/C19H24N2/c1-15-3-7-17(8-4-15)11-19(13-20-14-21-19)12-18-9-5-16(2)6-10-18/h3-10,20-21H,11-14H2,1-2H3. The molecule has 21 heavy (non-hydrogen) atoms. The monoisotopic (exact) mass is 280 g/mol. The van der Waals surface area contributed by atoms with Gasteiger partial charge in [0.25, 0.3) is 0 Å². The van der Waals surface area contributed by atoms with Gasteiger partial charge >= 0.3 is 0 Å². The maximum Gasteiger partial charge on any atom is 0.0459 e. The first-order chi connectivity index (χ1) is 10.2. The summed E-state index contributed by atoms with van der Waals surface area (Å²) >= 11 is 0. The summed E-state index contributed by atoms with van der Waals surface area (Å²) in [4.78, 5) is 0. The van der Waals surface area contributed by atoms with Crippen molar-refractivity contribution < 1.29 is 0 Å². The van der Waals surface area contributed by atoms with Gasteiger partial charge in [-0.1, -0.05) is 59.7 Å². The van der Waals surface area contributed by atoms with Crippen LogP contribution in [0.1, 0.15) is 22.3 Å². The second kappa shape index (κ2) is 6.00. The average Bonchev–Trinajstić information content (AvgIpc) is 2.92. The van der Waals surface area contributed by atoms with Crippen LogP contribution in [0.2, 0.25) is 0 Å². The molecule has 1 saturated heterocycles. The van der Waals surface area contributed by atoms with Gasteiger partial charge in [-0.15, -0.1) is 0 Å². The van der Waals surface area contributed by atoms with E-state index in [2.05, 4.69) is 73.0 Å². The number of hydrogen-bond donors (Lipinski definition) is 2. The van der Waals surface area contributed by atoms with Crippen LogP contribution in [0.3, 0.4) is 0 Å². The molecule has 2 aromatic carbocycles. The largest absolute Gasteiger partial charge is 0.303 e. The van der Waals surface area contributed by atoms with E-state index in [4.69, 9.17) is 0 Å². The lowest BCUT2D eigenvalue weighted by Gasteiger charge is -2.29. The molecule has 0 spiro atoms. The Hall–Kier alpha value is -1.64. The molecule has 2 N–H and O–H groups in total. The molecule has 3 rings (SSSR count). The first-order valence-electron chi connectivity index (χ1n) is 7.72. The molecule has 1 aliphatic heterocycles. The summed E-state index contributed by atoms with van der Waals surface area (Å²) < 4.78 is 0. The molecule has 0 atom stereocenters. The van der Waals surface area contributed by atoms with E-state index < -0.39 is 0 Å². The Morgan fingerprint density at radius 1 is 0.810 bits per heavy atom. The molecule has 2 heteroatoms. The minimum absolute atomic E-state index is 0.129. The zero-order valence-corrected chi connectivity index (χ0v) is 12.9. The molecule has 0 radical (unpaired) electrons. The Bertz CT molecular complexity index is 528. The maximum absolute atomic E-state index is 3.69. The van der Waals surface area contributed by atoms with Gasteiger partial charge in [0.05, 0.1) is 0 Å². The van der Waals surface area contributed by atoms with Crippen molar-refractivity contribution in [2.24, 2.45) is 0 Å². The van der Waals surface area contributed by atoms with Gasteiger partial charge in [0.1, 0.15) is 0 Å². The van der Waals surface area contributed by atoms with Crippen molar-refractivity contribution in [3.8, 4) is 0 Å². The Labute approximate surface area is 127 Å². The van der Waals surface area contributed by atoms with E-state index in [0.29, 0.717) is 0 Å². The van der Waals surface area contributed by atoms with Crippen molar-refractivity contribution in [1.29, 1.82) is 0 Å². The summed E-state index contributed by atoms with van der Waals surface area (Å²) in [6, 6.07) is 17.8. The summed E-state index contributed by atoms with van der Waals surface area (Å²) in [6.45, 7) is 6.20. The fraction of sp³-hybridized carbons (Fsp3) is 0.368. The molecule has 0 amide bonds. The van der Waals surface area contributed by atoms with Crippen molar-refractivity contribution in [1.82, 2.24) is 10.6 Å². The molecule has 1 heterocycles. The van der Waals surface area contributed by atoms with Crippen LogP contribution < -0.4 is 10.6 Å². The highest BCUT2D eigenvalue weighted by atomic mass is 15.2. The van der Waals surface area contributed by atoms with E-state index in [-0.39, 0.29) is 5.54 Å². The third-order valence-corrected chi connectivity index (χ3v) is 4.38. The van der Waals surface area contributed by atoms with Gasteiger partial charge < -0.3 is 5.32 Å². The molecule has 0 aromatic heterocycles. The summed E-state index contributed by atoms with van der Waals surface area (Å²) in [5, 5.41) is 7.15. The zero-order chi connectivity index (χ0) is 14.7. The third-order valence-electron chi connectivity index (χ3n) is 4.38. The van der Waals surface area contributed by atoms with Crippen molar-refractivity contribution in [3.63, 3.8) is 0 Å². The molecule has 0 bridgehead atoms. The van der Waals surface area contributed by atoms with Crippen LogP contribution in [0.5, 0.6) is 0 Å². The lowest BCUT2D eigenvalue weighted by atomic mass is 9.85. The van der Waals surface area contributed by atoms with E-state index in [1.165, 1.54) is 22.3 Å².